The first-order valence-electron chi connectivity index (χ1n) is 7.39. The standard InChI is InChI=1S/C17H27NO2S/c1-11(2)18-17(6,16(19)20)10-14(5)21-15-8-7-12(3)9-13(15)4/h7-9,11,14,18H,10H2,1-6H3,(H,19,20). The van der Waals surface area contributed by atoms with Crippen molar-refractivity contribution in [2.75, 3.05) is 0 Å². The maximum atomic E-state index is 11.6. The number of benzene rings is 1. The van der Waals surface area contributed by atoms with Crippen molar-refractivity contribution in [3.63, 3.8) is 0 Å². The van der Waals surface area contributed by atoms with Crippen LogP contribution in [0.2, 0.25) is 0 Å². The van der Waals surface area contributed by atoms with Gasteiger partial charge in [0, 0.05) is 16.2 Å². The van der Waals surface area contributed by atoms with E-state index in [9.17, 15) is 9.90 Å². The van der Waals surface area contributed by atoms with Gasteiger partial charge in [-0.3, -0.25) is 10.1 Å². The van der Waals surface area contributed by atoms with Crippen molar-refractivity contribution in [2.45, 2.75) is 69.7 Å². The third kappa shape index (κ3) is 5.36. The van der Waals surface area contributed by atoms with Crippen LogP contribution in [0, 0.1) is 13.8 Å². The average Bonchev–Trinajstić information content (AvgIpc) is 2.31. The SMILES string of the molecule is Cc1ccc(SC(C)CC(C)(NC(C)C)C(=O)O)c(C)c1. The normalized spacial score (nSPS) is 15.8. The Bertz CT molecular complexity index is 502. The Hall–Kier alpha value is -1.00. The molecular formula is C17H27NO2S. The van der Waals surface area contributed by atoms with Crippen molar-refractivity contribution in [3.05, 3.63) is 29.3 Å². The fourth-order valence-electron chi connectivity index (χ4n) is 2.61. The molecule has 118 valence electrons. The van der Waals surface area contributed by atoms with Gasteiger partial charge in [-0.2, -0.15) is 0 Å². The van der Waals surface area contributed by atoms with Crippen LogP contribution >= 0.6 is 11.8 Å². The van der Waals surface area contributed by atoms with Gasteiger partial charge in [-0.1, -0.05) is 24.6 Å². The quantitative estimate of drug-likeness (QED) is 0.747. The molecule has 0 saturated carbocycles. The fourth-order valence-corrected chi connectivity index (χ4v) is 3.85. The number of rotatable bonds is 7. The molecule has 0 aliphatic carbocycles. The van der Waals surface area contributed by atoms with Gasteiger partial charge in [-0.05, 0) is 52.7 Å². The van der Waals surface area contributed by atoms with E-state index in [-0.39, 0.29) is 11.3 Å². The van der Waals surface area contributed by atoms with Crippen molar-refractivity contribution in [3.8, 4) is 0 Å². The lowest BCUT2D eigenvalue weighted by Gasteiger charge is -2.31. The van der Waals surface area contributed by atoms with E-state index >= 15 is 0 Å². The van der Waals surface area contributed by atoms with Crippen molar-refractivity contribution in [1.29, 1.82) is 0 Å². The molecule has 4 heteroatoms. The summed E-state index contributed by atoms with van der Waals surface area (Å²) in [5, 5.41) is 12.9. The molecule has 3 nitrogen and oxygen atoms in total. The lowest BCUT2D eigenvalue weighted by Crippen LogP contribution is -2.53. The summed E-state index contributed by atoms with van der Waals surface area (Å²) in [4.78, 5) is 12.8. The largest absolute Gasteiger partial charge is 0.480 e. The van der Waals surface area contributed by atoms with Crippen LogP contribution in [0.4, 0.5) is 0 Å². The number of hydrogen-bond acceptors (Lipinski definition) is 3. The molecule has 21 heavy (non-hydrogen) atoms. The summed E-state index contributed by atoms with van der Waals surface area (Å²) < 4.78 is 0. The molecule has 0 radical (unpaired) electrons. The molecule has 0 bridgehead atoms. The summed E-state index contributed by atoms with van der Waals surface area (Å²) in [6.45, 7) is 12.0. The average molecular weight is 309 g/mol. The van der Waals surface area contributed by atoms with Crippen LogP contribution < -0.4 is 5.32 Å². The summed E-state index contributed by atoms with van der Waals surface area (Å²) in [6, 6.07) is 6.53. The minimum Gasteiger partial charge on any atom is -0.480 e. The Balaban J connectivity index is 2.78. The predicted octanol–water partition coefficient (Wildman–Crippen LogP) is 4.02. The van der Waals surface area contributed by atoms with Gasteiger partial charge in [0.25, 0.3) is 0 Å². The lowest BCUT2D eigenvalue weighted by atomic mass is 9.95. The molecule has 0 aromatic heterocycles. The Morgan fingerprint density at radius 3 is 2.43 bits per heavy atom. The molecular weight excluding hydrogens is 282 g/mol. The molecule has 0 aliphatic heterocycles. The van der Waals surface area contributed by atoms with Crippen LogP contribution in [0.1, 0.15) is 45.2 Å². The van der Waals surface area contributed by atoms with E-state index in [1.807, 2.05) is 13.8 Å². The van der Waals surface area contributed by atoms with Crippen LogP contribution in [-0.4, -0.2) is 27.9 Å². The van der Waals surface area contributed by atoms with Crippen molar-refractivity contribution >= 4 is 17.7 Å². The third-order valence-electron chi connectivity index (χ3n) is 3.43. The first-order chi connectivity index (χ1) is 9.64. The van der Waals surface area contributed by atoms with Crippen LogP contribution in [0.25, 0.3) is 0 Å². The molecule has 0 amide bonds. The number of hydrogen-bond donors (Lipinski definition) is 2. The van der Waals surface area contributed by atoms with Gasteiger partial charge < -0.3 is 5.11 Å². The van der Waals surface area contributed by atoms with Gasteiger partial charge >= 0.3 is 5.97 Å². The van der Waals surface area contributed by atoms with E-state index in [1.165, 1.54) is 16.0 Å². The Morgan fingerprint density at radius 1 is 1.33 bits per heavy atom. The number of nitrogens with one attached hydrogen (secondary N) is 1. The van der Waals surface area contributed by atoms with E-state index in [2.05, 4.69) is 44.3 Å². The summed E-state index contributed by atoms with van der Waals surface area (Å²) in [7, 11) is 0. The highest BCUT2D eigenvalue weighted by Gasteiger charge is 2.35. The molecule has 2 N–H and O–H groups in total. The van der Waals surface area contributed by atoms with Crippen LogP contribution in [0.5, 0.6) is 0 Å². The van der Waals surface area contributed by atoms with Crippen molar-refractivity contribution < 1.29 is 9.90 Å². The maximum Gasteiger partial charge on any atom is 0.323 e. The maximum absolute atomic E-state index is 11.6. The number of thioether (sulfide) groups is 1. The van der Waals surface area contributed by atoms with Gasteiger partial charge in [0.15, 0.2) is 0 Å². The Morgan fingerprint density at radius 2 is 1.95 bits per heavy atom. The van der Waals surface area contributed by atoms with E-state index in [0.717, 1.165) is 0 Å². The topological polar surface area (TPSA) is 49.3 Å². The van der Waals surface area contributed by atoms with Crippen molar-refractivity contribution in [2.24, 2.45) is 0 Å². The number of carboxylic acids is 1. The van der Waals surface area contributed by atoms with Crippen LogP contribution in [-0.2, 0) is 4.79 Å². The predicted molar refractivity (Wildman–Crippen MR) is 90.2 cm³/mol. The number of carboxylic acid groups (broad SMARTS) is 1. The fraction of sp³-hybridized carbons (Fsp3) is 0.588. The lowest BCUT2D eigenvalue weighted by molar-refractivity contribution is -0.144. The van der Waals surface area contributed by atoms with Crippen LogP contribution in [0.3, 0.4) is 0 Å². The molecule has 2 unspecified atom stereocenters. The molecule has 0 saturated heterocycles. The minimum absolute atomic E-state index is 0.143. The molecule has 0 fully saturated rings. The number of aryl methyl sites for hydroxylation is 2. The van der Waals surface area contributed by atoms with E-state index < -0.39 is 11.5 Å². The van der Waals surface area contributed by atoms with E-state index in [0.29, 0.717) is 6.42 Å². The zero-order valence-corrected chi connectivity index (χ0v) is 14.7. The second-order valence-corrected chi connectivity index (χ2v) is 7.82. The number of carbonyl (C=O) groups is 1. The molecule has 2 atom stereocenters. The first-order valence-corrected chi connectivity index (χ1v) is 8.27. The van der Waals surface area contributed by atoms with E-state index in [4.69, 9.17) is 0 Å². The Kier molecular flexibility index (Phi) is 6.29. The van der Waals surface area contributed by atoms with Gasteiger partial charge in [-0.15, -0.1) is 11.8 Å². The molecule has 1 aromatic carbocycles. The third-order valence-corrected chi connectivity index (χ3v) is 4.71. The molecule has 1 aromatic rings. The monoisotopic (exact) mass is 309 g/mol. The van der Waals surface area contributed by atoms with Gasteiger partial charge in [0.05, 0.1) is 0 Å². The van der Waals surface area contributed by atoms with Crippen molar-refractivity contribution in [1.82, 2.24) is 5.32 Å². The highest BCUT2D eigenvalue weighted by atomic mass is 32.2. The van der Waals surface area contributed by atoms with Gasteiger partial charge in [-0.25, -0.2) is 0 Å². The zero-order valence-electron chi connectivity index (χ0n) is 13.9. The van der Waals surface area contributed by atoms with E-state index in [1.54, 1.807) is 18.7 Å². The second kappa shape index (κ2) is 7.32. The first kappa shape index (κ1) is 18.1. The summed E-state index contributed by atoms with van der Waals surface area (Å²) >= 11 is 1.75. The highest BCUT2D eigenvalue weighted by Crippen LogP contribution is 2.31. The molecule has 0 heterocycles. The second-order valence-electron chi connectivity index (χ2n) is 6.34. The van der Waals surface area contributed by atoms with Crippen LogP contribution in [0.15, 0.2) is 23.1 Å². The highest BCUT2D eigenvalue weighted by molar-refractivity contribution is 8.00. The smallest absolute Gasteiger partial charge is 0.323 e. The zero-order chi connectivity index (χ0) is 16.2. The molecule has 1 rings (SSSR count). The minimum atomic E-state index is -0.890. The molecule has 0 aliphatic rings. The Labute approximate surface area is 132 Å². The summed E-state index contributed by atoms with van der Waals surface area (Å²) in [5.74, 6) is -0.788. The van der Waals surface area contributed by atoms with Gasteiger partial charge in [0.1, 0.15) is 5.54 Å². The molecule has 0 spiro atoms. The number of aliphatic carboxylic acids is 1. The summed E-state index contributed by atoms with van der Waals surface area (Å²) in [6.07, 6.45) is 0.582. The summed E-state index contributed by atoms with van der Waals surface area (Å²) in [5.41, 5.74) is 1.61. The van der Waals surface area contributed by atoms with Gasteiger partial charge in [0.2, 0.25) is 0 Å².